The van der Waals surface area contributed by atoms with Gasteiger partial charge in [-0.15, -0.1) is 0 Å². The van der Waals surface area contributed by atoms with E-state index in [-0.39, 0.29) is 5.82 Å². The summed E-state index contributed by atoms with van der Waals surface area (Å²) in [5, 5.41) is 3.72. The van der Waals surface area contributed by atoms with Crippen LogP contribution in [0.15, 0.2) is 24.3 Å². The van der Waals surface area contributed by atoms with E-state index in [1.54, 1.807) is 12.1 Å². The highest BCUT2D eigenvalue weighted by Gasteiger charge is 2.39. The molecule has 3 atom stereocenters. The molecule has 3 heterocycles. The fourth-order valence-electron chi connectivity index (χ4n) is 4.35. The summed E-state index contributed by atoms with van der Waals surface area (Å²) >= 11 is 0. The molecule has 0 saturated carbocycles. The first-order valence-corrected chi connectivity index (χ1v) is 8.27. The molecule has 3 nitrogen and oxygen atoms in total. The van der Waals surface area contributed by atoms with E-state index in [0.717, 1.165) is 49.9 Å². The van der Waals surface area contributed by atoms with Crippen LogP contribution in [-0.4, -0.2) is 49.7 Å². The summed E-state index contributed by atoms with van der Waals surface area (Å²) in [6.07, 6.45) is 4.10. The lowest BCUT2D eigenvalue weighted by Crippen LogP contribution is -2.49. The molecule has 3 saturated heterocycles. The molecule has 3 fully saturated rings. The molecule has 1 aromatic carbocycles. The Labute approximate surface area is 126 Å². The SMILES string of the molecule is Fc1ccccc1N1CCN(CC2CC3CCC2N3)CC1. The van der Waals surface area contributed by atoms with Crippen LogP contribution in [0.25, 0.3) is 0 Å². The fourth-order valence-corrected chi connectivity index (χ4v) is 4.35. The standard InChI is InChI=1S/C17H24FN3/c18-15-3-1-2-4-17(15)21-9-7-20(8-10-21)12-13-11-14-5-6-16(13)19-14/h1-4,13-14,16,19H,5-12H2. The average molecular weight is 289 g/mol. The van der Waals surface area contributed by atoms with Crippen LogP contribution in [0, 0.1) is 11.7 Å². The van der Waals surface area contributed by atoms with Gasteiger partial charge in [0, 0.05) is 44.8 Å². The van der Waals surface area contributed by atoms with E-state index in [1.807, 2.05) is 12.1 Å². The maximum absolute atomic E-state index is 13.8. The summed E-state index contributed by atoms with van der Waals surface area (Å²) in [4.78, 5) is 4.76. The van der Waals surface area contributed by atoms with Crippen LogP contribution in [0.3, 0.4) is 0 Å². The Morgan fingerprint density at radius 1 is 1.10 bits per heavy atom. The number of halogens is 1. The molecular formula is C17H24FN3. The molecule has 3 unspecified atom stereocenters. The van der Waals surface area contributed by atoms with Crippen LogP contribution in [-0.2, 0) is 0 Å². The topological polar surface area (TPSA) is 18.5 Å². The first kappa shape index (κ1) is 13.5. The Hall–Kier alpha value is -1.13. The van der Waals surface area contributed by atoms with Gasteiger partial charge in [-0.1, -0.05) is 12.1 Å². The van der Waals surface area contributed by atoms with Gasteiger partial charge in [0.25, 0.3) is 0 Å². The van der Waals surface area contributed by atoms with Gasteiger partial charge in [0.1, 0.15) is 5.82 Å². The average Bonchev–Trinajstić information content (AvgIpc) is 3.11. The van der Waals surface area contributed by atoms with Crippen LogP contribution in [0.4, 0.5) is 10.1 Å². The Balaban J connectivity index is 1.32. The van der Waals surface area contributed by atoms with Gasteiger partial charge in [0.2, 0.25) is 0 Å². The van der Waals surface area contributed by atoms with E-state index in [9.17, 15) is 4.39 Å². The largest absolute Gasteiger partial charge is 0.367 e. The van der Waals surface area contributed by atoms with Crippen molar-refractivity contribution in [3.63, 3.8) is 0 Å². The first-order chi connectivity index (χ1) is 10.3. The van der Waals surface area contributed by atoms with Crippen LogP contribution >= 0.6 is 0 Å². The molecule has 0 radical (unpaired) electrons. The summed E-state index contributed by atoms with van der Waals surface area (Å²) in [6.45, 7) is 5.22. The number of nitrogens with one attached hydrogen (secondary N) is 1. The smallest absolute Gasteiger partial charge is 0.146 e. The molecule has 0 spiro atoms. The number of hydrogen-bond donors (Lipinski definition) is 1. The van der Waals surface area contributed by atoms with E-state index in [1.165, 1.54) is 25.8 Å². The zero-order chi connectivity index (χ0) is 14.2. The molecular weight excluding hydrogens is 265 g/mol. The predicted octanol–water partition coefficient (Wildman–Crippen LogP) is 2.09. The Morgan fingerprint density at radius 3 is 2.57 bits per heavy atom. The summed E-state index contributed by atoms with van der Waals surface area (Å²) in [5.74, 6) is 0.743. The van der Waals surface area contributed by atoms with Crippen LogP contribution in [0.5, 0.6) is 0 Å². The lowest BCUT2D eigenvalue weighted by Gasteiger charge is -2.38. The fraction of sp³-hybridized carbons (Fsp3) is 0.647. The maximum Gasteiger partial charge on any atom is 0.146 e. The predicted molar refractivity (Wildman–Crippen MR) is 83.1 cm³/mol. The normalized spacial score (nSPS) is 32.8. The Bertz CT molecular complexity index is 499. The van der Waals surface area contributed by atoms with Gasteiger partial charge in [-0.3, -0.25) is 4.90 Å². The van der Waals surface area contributed by atoms with Crippen molar-refractivity contribution in [2.75, 3.05) is 37.6 Å². The van der Waals surface area contributed by atoms with Gasteiger partial charge in [-0.2, -0.15) is 0 Å². The number of anilines is 1. The number of piperazine rings is 1. The van der Waals surface area contributed by atoms with E-state index >= 15 is 0 Å². The number of hydrogen-bond acceptors (Lipinski definition) is 3. The minimum atomic E-state index is -0.0942. The monoisotopic (exact) mass is 289 g/mol. The minimum absolute atomic E-state index is 0.0942. The summed E-state index contributed by atoms with van der Waals surface area (Å²) in [6, 6.07) is 8.69. The van der Waals surface area contributed by atoms with Crippen molar-refractivity contribution in [2.24, 2.45) is 5.92 Å². The van der Waals surface area contributed by atoms with Gasteiger partial charge in [-0.05, 0) is 37.3 Å². The van der Waals surface area contributed by atoms with Crippen LogP contribution < -0.4 is 10.2 Å². The number of benzene rings is 1. The molecule has 0 amide bonds. The van der Waals surface area contributed by atoms with Crippen LogP contribution in [0.2, 0.25) is 0 Å². The van der Waals surface area contributed by atoms with Crippen molar-refractivity contribution >= 4 is 5.69 Å². The number of nitrogens with zero attached hydrogens (tertiary/aromatic N) is 2. The van der Waals surface area contributed by atoms with Crippen molar-refractivity contribution in [3.8, 4) is 0 Å². The third-order valence-corrected chi connectivity index (χ3v) is 5.49. The van der Waals surface area contributed by atoms with Crippen molar-refractivity contribution in [1.82, 2.24) is 10.2 Å². The van der Waals surface area contributed by atoms with Gasteiger partial charge < -0.3 is 10.2 Å². The molecule has 2 bridgehead atoms. The molecule has 4 heteroatoms. The Kier molecular flexibility index (Phi) is 3.59. The molecule has 0 aliphatic carbocycles. The molecule has 1 aromatic rings. The number of para-hydroxylation sites is 1. The summed E-state index contributed by atoms with van der Waals surface area (Å²) < 4.78 is 13.8. The minimum Gasteiger partial charge on any atom is -0.367 e. The quantitative estimate of drug-likeness (QED) is 0.919. The zero-order valence-corrected chi connectivity index (χ0v) is 12.5. The van der Waals surface area contributed by atoms with E-state index < -0.39 is 0 Å². The number of fused-ring (bicyclic) bond motifs is 2. The van der Waals surface area contributed by atoms with Gasteiger partial charge in [-0.25, -0.2) is 4.39 Å². The Morgan fingerprint density at radius 2 is 1.90 bits per heavy atom. The molecule has 3 aliphatic rings. The van der Waals surface area contributed by atoms with E-state index in [2.05, 4.69) is 15.1 Å². The second-order valence-corrected chi connectivity index (χ2v) is 6.78. The highest BCUT2D eigenvalue weighted by Crippen LogP contribution is 2.34. The molecule has 4 rings (SSSR count). The molecule has 0 aromatic heterocycles. The van der Waals surface area contributed by atoms with Crippen molar-refractivity contribution in [1.29, 1.82) is 0 Å². The van der Waals surface area contributed by atoms with Crippen LogP contribution in [0.1, 0.15) is 19.3 Å². The third kappa shape index (κ3) is 2.67. The van der Waals surface area contributed by atoms with E-state index in [0.29, 0.717) is 0 Å². The van der Waals surface area contributed by atoms with E-state index in [4.69, 9.17) is 0 Å². The molecule has 114 valence electrons. The summed E-state index contributed by atoms with van der Waals surface area (Å²) in [7, 11) is 0. The highest BCUT2D eigenvalue weighted by molar-refractivity contribution is 5.47. The van der Waals surface area contributed by atoms with Gasteiger partial charge in [0.15, 0.2) is 0 Å². The molecule has 21 heavy (non-hydrogen) atoms. The lowest BCUT2D eigenvalue weighted by molar-refractivity contribution is 0.201. The molecule has 1 N–H and O–H groups in total. The molecule has 3 aliphatic heterocycles. The third-order valence-electron chi connectivity index (χ3n) is 5.49. The van der Waals surface area contributed by atoms with Crippen molar-refractivity contribution in [2.45, 2.75) is 31.3 Å². The summed E-state index contributed by atoms with van der Waals surface area (Å²) in [5.41, 5.74) is 0.763. The second-order valence-electron chi connectivity index (χ2n) is 6.78. The zero-order valence-electron chi connectivity index (χ0n) is 12.5. The first-order valence-electron chi connectivity index (χ1n) is 8.27. The maximum atomic E-state index is 13.8. The van der Waals surface area contributed by atoms with Gasteiger partial charge in [0.05, 0.1) is 5.69 Å². The number of rotatable bonds is 3. The van der Waals surface area contributed by atoms with Gasteiger partial charge >= 0.3 is 0 Å². The highest BCUT2D eigenvalue weighted by atomic mass is 19.1. The van der Waals surface area contributed by atoms with Crippen molar-refractivity contribution in [3.05, 3.63) is 30.1 Å². The second kappa shape index (κ2) is 5.58. The lowest BCUT2D eigenvalue weighted by atomic mass is 9.88. The van der Waals surface area contributed by atoms with Crippen molar-refractivity contribution < 1.29 is 4.39 Å².